The van der Waals surface area contributed by atoms with Crippen LogP contribution in [0.1, 0.15) is 37.9 Å². The molecule has 1 aromatic carbocycles. The van der Waals surface area contributed by atoms with Crippen molar-refractivity contribution in [1.29, 1.82) is 0 Å². The van der Waals surface area contributed by atoms with E-state index in [4.69, 9.17) is 0 Å². The molecule has 0 fully saturated rings. The van der Waals surface area contributed by atoms with Crippen LogP contribution in [0, 0.1) is 0 Å². The number of anilines is 1. The van der Waals surface area contributed by atoms with Gasteiger partial charge in [0.05, 0.1) is 5.69 Å². The molecule has 0 spiro atoms. The van der Waals surface area contributed by atoms with Gasteiger partial charge in [-0.3, -0.25) is 4.98 Å². The third-order valence-electron chi connectivity index (χ3n) is 3.25. The van der Waals surface area contributed by atoms with Crippen LogP contribution < -0.4 is 4.90 Å². The first-order valence-electron chi connectivity index (χ1n) is 7.44. The molecule has 0 saturated heterocycles. The van der Waals surface area contributed by atoms with Crippen LogP contribution in [0.5, 0.6) is 0 Å². The van der Waals surface area contributed by atoms with E-state index in [1.54, 1.807) is 12.4 Å². The van der Waals surface area contributed by atoms with Gasteiger partial charge in [-0.25, -0.2) is 4.98 Å². The molecule has 0 atom stereocenters. The minimum absolute atomic E-state index is 0.841. The fourth-order valence-electron chi connectivity index (χ4n) is 2.40. The van der Waals surface area contributed by atoms with Crippen LogP contribution in [0.15, 0.2) is 42.7 Å². The maximum atomic E-state index is 4.58. The number of hydrogen-bond donors (Lipinski definition) is 0. The lowest BCUT2D eigenvalue weighted by Gasteiger charge is -2.24. The summed E-state index contributed by atoms with van der Waals surface area (Å²) in [6, 6.07) is 10.5. The van der Waals surface area contributed by atoms with Crippen molar-refractivity contribution >= 4 is 5.82 Å². The predicted molar refractivity (Wildman–Crippen MR) is 84.1 cm³/mol. The Morgan fingerprint density at radius 1 is 0.900 bits per heavy atom. The van der Waals surface area contributed by atoms with Crippen molar-refractivity contribution in [3.05, 3.63) is 54.0 Å². The normalized spacial score (nSPS) is 10.5. The standard InChI is InChI=1S/C17H23N3/c1-3-12-20(13-4-2)17-16(18-10-11-19-17)14-15-8-6-5-7-9-15/h5-11H,3-4,12-14H2,1-2H3. The quantitative estimate of drug-likeness (QED) is 0.767. The molecule has 3 heteroatoms. The smallest absolute Gasteiger partial charge is 0.150 e. The van der Waals surface area contributed by atoms with Crippen molar-refractivity contribution in [3.63, 3.8) is 0 Å². The monoisotopic (exact) mass is 269 g/mol. The summed E-state index contributed by atoms with van der Waals surface area (Å²) in [6.45, 7) is 6.48. The Bertz CT molecular complexity index is 505. The summed E-state index contributed by atoms with van der Waals surface area (Å²) in [7, 11) is 0. The molecule has 0 N–H and O–H groups in total. The van der Waals surface area contributed by atoms with Crippen molar-refractivity contribution in [1.82, 2.24) is 9.97 Å². The Labute approximate surface area is 121 Å². The number of aromatic nitrogens is 2. The minimum Gasteiger partial charge on any atom is -0.355 e. The molecule has 0 radical (unpaired) electrons. The van der Waals surface area contributed by atoms with Crippen molar-refractivity contribution in [2.75, 3.05) is 18.0 Å². The van der Waals surface area contributed by atoms with E-state index in [1.807, 2.05) is 6.07 Å². The molecule has 2 aromatic rings. The van der Waals surface area contributed by atoms with Gasteiger partial charge in [0.2, 0.25) is 0 Å². The lowest BCUT2D eigenvalue weighted by molar-refractivity contribution is 0.725. The van der Waals surface area contributed by atoms with Crippen LogP contribution in [0.3, 0.4) is 0 Å². The predicted octanol–water partition coefficient (Wildman–Crippen LogP) is 3.69. The molecule has 3 nitrogen and oxygen atoms in total. The molecule has 0 amide bonds. The average Bonchev–Trinajstić information content (AvgIpc) is 2.49. The van der Waals surface area contributed by atoms with Gasteiger partial charge in [-0.15, -0.1) is 0 Å². The van der Waals surface area contributed by atoms with Crippen LogP contribution >= 0.6 is 0 Å². The van der Waals surface area contributed by atoms with Crippen LogP contribution in [-0.2, 0) is 6.42 Å². The average molecular weight is 269 g/mol. The summed E-state index contributed by atoms with van der Waals surface area (Å²) in [5, 5.41) is 0. The Morgan fingerprint density at radius 3 is 2.20 bits per heavy atom. The Morgan fingerprint density at radius 2 is 1.55 bits per heavy atom. The summed E-state index contributed by atoms with van der Waals surface area (Å²) < 4.78 is 0. The SMILES string of the molecule is CCCN(CCC)c1nccnc1Cc1ccccc1. The molecule has 0 aliphatic carbocycles. The summed E-state index contributed by atoms with van der Waals surface area (Å²) in [4.78, 5) is 11.5. The number of hydrogen-bond acceptors (Lipinski definition) is 3. The molecule has 0 aliphatic heterocycles. The molecule has 0 saturated carbocycles. The van der Waals surface area contributed by atoms with Crippen molar-refractivity contribution in [2.45, 2.75) is 33.1 Å². The third kappa shape index (κ3) is 3.80. The van der Waals surface area contributed by atoms with E-state index in [0.717, 1.165) is 43.9 Å². The van der Waals surface area contributed by atoms with Gasteiger partial charge in [-0.05, 0) is 18.4 Å². The zero-order chi connectivity index (χ0) is 14.2. The molecule has 20 heavy (non-hydrogen) atoms. The van der Waals surface area contributed by atoms with Crippen molar-refractivity contribution < 1.29 is 0 Å². The Hall–Kier alpha value is -1.90. The van der Waals surface area contributed by atoms with Crippen LogP contribution in [0.2, 0.25) is 0 Å². The molecule has 0 aliphatic rings. The van der Waals surface area contributed by atoms with Gasteiger partial charge in [0, 0.05) is 31.9 Å². The zero-order valence-corrected chi connectivity index (χ0v) is 12.4. The second-order valence-electron chi connectivity index (χ2n) is 4.98. The number of rotatable bonds is 7. The van der Waals surface area contributed by atoms with Crippen molar-refractivity contribution in [2.24, 2.45) is 0 Å². The maximum Gasteiger partial charge on any atom is 0.150 e. The lowest BCUT2D eigenvalue weighted by atomic mass is 10.1. The Kier molecular flexibility index (Phi) is 5.54. The number of benzene rings is 1. The summed E-state index contributed by atoms with van der Waals surface area (Å²) in [5.41, 5.74) is 2.35. The van der Waals surface area contributed by atoms with Gasteiger partial charge in [0.15, 0.2) is 5.82 Å². The fraction of sp³-hybridized carbons (Fsp3) is 0.412. The molecular formula is C17H23N3. The van der Waals surface area contributed by atoms with E-state index in [1.165, 1.54) is 5.56 Å². The number of nitrogens with zero attached hydrogens (tertiary/aromatic N) is 3. The highest BCUT2D eigenvalue weighted by Gasteiger charge is 2.12. The van der Waals surface area contributed by atoms with E-state index >= 15 is 0 Å². The van der Waals surface area contributed by atoms with Gasteiger partial charge in [0.1, 0.15) is 0 Å². The highest BCUT2D eigenvalue weighted by Crippen LogP contribution is 2.19. The van der Waals surface area contributed by atoms with E-state index in [0.29, 0.717) is 0 Å². The van der Waals surface area contributed by atoms with Gasteiger partial charge in [-0.1, -0.05) is 44.2 Å². The van der Waals surface area contributed by atoms with E-state index in [2.05, 4.69) is 53.0 Å². The molecule has 106 valence electrons. The fourth-order valence-corrected chi connectivity index (χ4v) is 2.40. The topological polar surface area (TPSA) is 29.0 Å². The first-order valence-corrected chi connectivity index (χ1v) is 7.44. The first kappa shape index (κ1) is 14.5. The molecule has 1 heterocycles. The highest BCUT2D eigenvalue weighted by atomic mass is 15.2. The zero-order valence-electron chi connectivity index (χ0n) is 12.4. The van der Waals surface area contributed by atoms with Gasteiger partial charge < -0.3 is 4.90 Å². The van der Waals surface area contributed by atoms with Gasteiger partial charge in [-0.2, -0.15) is 0 Å². The van der Waals surface area contributed by atoms with E-state index in [-0.39, 0.29) is 0 Å². The maximum absolute atomic E-state index is 4.58. The van der Waals surface area contributed by atoms with Crippen molar-refractivity contribution in [3.8, 4) is 0 Å². The summed E-state index contributed by atoms with van der Waals surface area (Å²) in [5.74, 6) is 1.04. The molecular weight excluding hydrogens is 246 g/mol. The Balaban J connectivity index is 2.24. The molecule has 0 bridgehead atoms. The first-order chi connectivity index (χ1) is 9.85. The van der Waals surface area contributed by atoms with Gasteiger partial charge >= 0.3 is 0 Å². The molecule has 0 unspecified atom stereocenters. The van der Waals surface area contributed by atoms with Crippen LogP contribution in [0.4, 0.5) is 5.82 Å². The van der Waals surface area contributed by atoms with Crippen LogP contribution in [0.25, 0.3) is 0 Å². The van der Waals surface area contributed by atoms with E-state index in [9.17, 15) is 0 Å². The van der Waals surface area contributed by atoms with Gasteiger partial charge in [0.25, 0.3) is 0 Å². The summed E-state index contributed by atoms with van der Waals surface area (Å²) in [6.07, 6.45) is 6.68. The largest absolute Gasteiger partial charge is 0.355 e. The van der Waals surface area contributed by atoms with E-state index < -0.39 is 0 Å². The molecule has 1 aromatic heterocycles. The molecule has 2 rings (SSSR count). The van der Waals surface area contributed by atoms with Crippen LogP contribution in [-0.4, -0.2) is 23.1 Å². The highest BCUT2D eigenvalue weighted by molar-refractivity contribution is 5.45. The lowest BCUT2D eigenvalue weighted by Crippen LogP contribution is -2.27. The second-order valence-corrected chi connectivity index (χ2v) is 4.98. The third-order valence-corrected chi connectivity index (χ3v) is 3.25. The minimum atomic E-state index is 0.841. The second kappa shape index (κ2) is 7.63. The summed E-state index contributed by atoms with van der Waals surface area (Å²) >= 11 is 0.